The number of hydrogen-bond acceptors (Lipinski definition) is 5. The molecule has 6 nitrogen and oxygen atoms in total. The van der Waals surface area contributed by atoms with Crippen molar-refractivity contribution in [1.82, 2.24) is 5.32 Å². The van der Waals surface area contributed by atoms with E-state index in [-0.39, 0.29) is 57.4 Å². The van der Waals surface area contributed by atoms with Crippen LogP contribution in [0.1, 0.15) is 53.6 Å². The molecule has 1 saturated carbocycles. The van der Waals surface area contributed by atoms with Crippen LogP contribution in [-0.4, -0.2) is 30.8 Å². The van der Waals surface area contributed by atoms with Gasteiger partial charge in [-0.05, 0) is 42.5 Å². The maximum atomic E-state index is 12.5. The van der Waals surface area contributed by atoms with Gasteiger partial charge in [0.1, 0.15) is 5.78 Å². The molecule has 2 aromatic carbocycles. The Morgan fingerprint density at radius 3 is 2.24 bits per heavy atom. The molecule has 174 valence electrons. The molecule has 9 heteroatoms. The molecule has 34 heavy (non-hydrogen) atoms. The minimum Gasteiger partial charge on any atom is -0.548 e. The predicted octanol–water partition coefficient (Wildman–Crippen LogP) is 0.934. The Morgan fingerprint density at radius 1 is 1.12 bits per heavy atom. The Bertz CT molecular complexity index is 1040. The number of benzene rings is 2. The molecule has 1 aliphatic rings. The molecule has 1 unspecified atom stereocenters. The van der Waals surface area contributed by atoms with Gasteiger partial charge in [0, 0.05) is 20.0 Å². The van der Waals surface area contributed by atoms with E-state index in [0.717, 1.165) is 11.1 Å². The third-order valence-electron chi connectivity index (χ3n) is 5.90. The van der Waals surface area contributed by atoms with Crippen molar-refractivity contribution in [2.24, 2.45) is 0 Å². The van der Waals surface area contributed by atoms with Crippen LogP contribution < -0.4 is 40.0 Å². The van der Waals surface area contributed by atoms with Crippen LogP contribution in [0.2, 0.25) is 10.0 Å². The molecule has 0 heterocycles. The van der Waals surface area contributed by atoms with E-state index in [1.807, 2.05) is 24.3 Å². The van der Waals surface area contributed by atoms with E-state index in [2.05, 4.69) is 5.32 Å². The van der Waals surface area contributed by atoms with E-state index in [1.54, 1.807) is 25.3 Å². The second kappa shape index (κ2) is 12.9. The van der Waals surface area contributed by atoms with Crippen LogP contribution >= 0.6 is 23.2 Å². The number of ketones is 1. The molecule has 0 saturated heterocycles. The maximum Gasteiger partial charge on any atom is 1.00 e. The predicted molar refractivity (Wildman–Crippen MR) is 125 cm³/mol. The van der Waals surface area contributed by atoms with Gasteiger partial charge in [0.2, 0.25) is 0 Å². The first-order chi connectivity index (χ1) is 15.8. The number of carbonyl (C=O) groups excluding carboxylic acids is 3. The number of amides is 1. The van der Waals surface area contributed by atoms with Crippen molar-refractivity contribution in [1.29, 1.82) is 0 Å². The van der Waals surface area contributed by atoms with Crippen LogP contribution in [0.25, 0.3) is 6.08 Å². The van der Waals surface area contributed by atoms with Crippen molar-refractivity contribution in [3.05, 3.63) is 75.3 Å². The number of hydrogen-bond donors (Lipinski definition) is 1. The molecule has 0 radical (unpaired) electrons. The van der Waals surface area contributed by atoms with E-state index >= 15 is 0 Å². The number of carboxylic acid groups (broad SMARTS) is 1. The first-order valence-electron chi connectivity index (χ1n) is 10.6. The molecule has 1 amide bonds. The SMILES string of the molecule is COC1(c2ccc(/C=C/CC(NC(=O)c3c(Cl)cccc3Cl)C(=O)[O-])cc2)CCC(=O)CC1.[Na+]. The summed E-state index contributed by atoms with van der Waals surface area (Å²) in [7, 11) is 1.66. The van der Waals surface area contributed by atoms with Gasteiger partial charge in [-0.2, -0.15) is 0 Å². The van der Waals surface area contributed by atoms with Crippen molar-refractivity contribution in [2.75, 3.05) is 7.11 Å². The Hall–Kier alpha value is -1.67. The number of nitrogens with one attached hydrogen (secondary N) is 1. The quantitative estimate of drug-likeness (QED) is 0.532. The molecule has 1 aliphatic carbocycles. The van der Waals surface area contributed by atoms with E-state index in [0.29, 0.717) is 25.7 Å². The number of carboxylic acids is 1. The first-order valence-corrected chi connectivity index (χ1v) is 11.3. The van der Waals surface area contributed by atoms with Crippen LogP contribution in [0.4, 0.5) is 0 Å². The zero-order chi connectivity index (χ0) is 24.0. The van der Waals surface area contributed by atoms with Crippen LogP contribution in [-0.2, 0) is 19.9 Å². The number of aliphatic carboxylic acids is 1. The van der Waals surface area contributed by atoms with E-state index < -0.39 is 23.5 Å². The molecular formula is C25H24Cl2NNaO5. The topological polar surface area (TPSA) is 95.5 Å². The van der Waals surface area contributed by atoms with Gasteiger partial charge in [0.05, 0.1) is 33.2 Å². The van der Waals surface area contributed by atoms with E-state index in [9.17, 15) is 19.5 Å². The van der Waals surface area contributed by atoms with Crippen molar-refractivity contribution in [2.45, 2.75) is 43.7 Å². The molecular weight excluding hydrogens is 488 g/mol. The molecule has 3 rings (SSSR count). The standard InChI is InChI=1S/C25H25Cl2NO5.Na/c1-33-25(14-12-18(29)13-15-25)17-10-8-16(9-11-17)4-2-7-21(24(31)32)28-23(30)22-19(26)5-3-6-20(22)27;/h2-6,8-11,21H,7,12-15H2,1H3,(H,28,30)(H,31,32);/q;+1/p-1/b4-2+;. The van der Waals surface area contributed by atoms with Gasteiger partial charge in [0.25, 0.3) is 5.91 Å². The minimum atomic E-state index is -1.42. The smallest absolute Gasteiger partial charge is 0.548 e. The van der Waals surface area contributed by atoms with Crippen molar-refractivity contribution >= 4 is 46.9 Å². The molecule has 0 spiro atoms. The van der Waals surface area contributed by atoms with Crippen LogP contribution in [0.3, 0.4) is 0 Å². The van der Waals surface area contributed by atoms with Crippen LogP contribution in [0, 0.1) is 0 Å². The van der Waals surface area contributed by atoms with Gasteiger partial charge in [-0.3, -0.25) is 9.59 Å². The summed E-state index contributed by atoms with van der Waals surface area (Å²) < 4.78 is 5.78. The average Bonchev–Trinajstić information content (AvgIpc) is 2.79. The second-order valence-electron chi connectivity index (χ2n) is 7.94. The third-order valence-corrected chi connectivity index (χ3v) is 6.53. The summed E-state index contributed by atoms with van der Waals surface area (Å²) in [6.45, 7) is 0. The van der Waals surface area contributed by atoms with Crippen LogP contribution in [0.15, 0.2) is 48.5 Å². The Labute approximate surface area is 230 Å². The largest absolute Gasteiger partial charge is 1.00 e. The Balaban J connectivity index is 0.00000408. The van der Waals surface area contributed by atoms with E-state index in [4.69, 9.17) is 27.9 Å². The molecule has 1 fully saturated rings. The molecule has 1 N–H and O–H groups in total. The molecule has 0 bridgehead atoms. The number of Topliss-reactive ketones (excluding diaryl/α,β-unsaturated/α-hetero) is 1. The first kappa shape index (κ1) is 28.6. The van der Waals surface area contributed by atoms with Crippen molar-refractivity contribution in [3.63, 3.8) is 0 Å². The average molecular weight is 512 g/mol. The van der Waals surface area contributed by atoms with Gasteiger partial charge in [-0.25, -0.2) is 0 Å². The normalized spacial score (nSPS) is 16.0. The fourth-order valence-corrected chi connectivity index (χ4v) is 4.51. The van der Waals surface area contributed by atoms with E-state index in [1.165, 1.54) is 12.1 Å². The summed E-state index contributed by atoms with van der Waals surface area (Å²) in [6.07, 6.45) is 5.74. The Kier molecular flexibility index (Phi) is 10.8. The summed E-state index contributed by atoms with van der Waals surface area (Å²) in [5, 5.41) is 14.2. The summed E-state index contributed by atoms with van der Waals surface area (Å²) in [5.41, 5.74) is 1.42. The summed E-state index contributed by atoms with van der Waals surface area (Å²) in [4.78, 5) is 35.6. The summed E-state index contributed by atoms with van der Waals surface area (Å²) >= 11 is 12.0. The third kappa shape index (κ3) is 6.94. The van der Waals surface area contributed by atoms with Gasteiger partial charge < -0.3 is 20.0 Å². The number of halogens is 2. The Morgan fingerprint density at radius 2 is 1.71 bits per heavy atom. The second-order valence-corrected chi connectivity index (χ2v) is 8.75. The maximum absolute atomic E-state index is 12.5. The fraction of sp³-hybridized carbons (Fsp3) is 0.320. The number of ether oxygens (including phenoxy) is 1. The van der Waals surface area contributed by atoms with Gasteiger partial charge in [-0.1, -0.05) is 65.7 Å². The molecule has 1 atom stereocenters. The zero-order valence-electron chi connectivity index (χ0n) is 19.1. The molecule has 0 aromatic heterocycles. The monoisotopic (exact) mass is 511 g/mol. The number of rotatable bonds is 8. The summed E-state index contributed by atoms with van der Waals surface area (Å²) in [5.74, 6) is -1.85. The van der Waals surface area contributed by atoms with Gasteiger partial charge in [0.15, 0.2) is 0 Å². The van der Waals surface area contributed by atoms with Gasteiger partial charge in [-0.15, -0.1) is 0 Å². The molecule has 2 aromatic rings. The number of methoxy groups -OCH3 is 1. The number of carbonyl (C=O) groups is 3. The molecule has 0 aliphatic heterocycles. The summed E-state index contributed by atoms with van der Waals surface area (Å²) in [6, 6.07) is 11.0. The van der Waals surface area contributed by atoms with Crippen molar-refractivity contribution < 1.29 is 53.8 Å². The van der Waals surface area contributed by atoms with Gasteiger partial charge >= 0.3 is 29.6 Å². The minimum absolute atomic E-state index is 0. The fourth-order valence-electron chi connectivity index (χ4n) is 3.94. The zero-order valence-corrected chi connectivity index (χ0v) is 22.6. The van der Waals surface area contributed by atoms with Crippen molar-refractivity contribution in [3.8, 4) is 0 Å². The van der Waals surface area contributed by atoms with Crippen LogP contribution in [0.5, 0.6) is 0 Å².